The summed E-state index contributed by atoms with van der Waals surface area (Å²) in [5, 5.41) is 12.2. The Kier molecular flexibility index (Phi) is 5.21. The Hall–Kier alpha value is -2.00. The van der Waals surface area contributed by atoms with Gasteiger partial charge in [-0.3, -0.25) is 0 Å². The number of hydrogen-bond acceptors (Lipinski definition) is 5. The van der Waals surface area contributed by atoms with E-state index in [1.807, 2.05) is 0 Å². The number of nitrogens with zero attached hydrogens (tertiary/aromatic N) is 1. The summed E-state index contributed by atoms with van der Waals surface area (Å²) in [6.07, 6.45) is 1.71. The number of halogens is 1. The third-order valence-corrected chi connectivity index (χ3v) is 2.75. The lowest BCUT2D eigenvalue weighted by Crippen LogP contribution is -2.09. The van der Waals surface area contributed by atoms with E-state index in [9.17, 15) is 9.18 Å². The molecule has 0 saturated heterocycles. The van der Waals surface area contributed by atoms with Crippen molar-refractivity contribution in [3.8, 4) is 6.07 Å². The molecule has 0 saturated carbocycles. The van der Waals surface area contributed by atoms with E-state index in [0.717, 1.165) is 0 Å². The van der Waals surface area contributed by atoms with E-state index in [1.54, 1.807) is 12.3 Å². The van der Waals surface area contributed by atoms with E-state index in [1.165, 1.54) is 43.1 Å². The molecule has 0 unspecified atom stereocenters. The van der Waals surface area contributed by atoms with Gasteiger partial charge in [-0.15, -0.1) is 11.8 Å². The largest absolute Gasteiger partial charge is 0.465 e. The number of esters is 1. The average Bonchev–Trinajstić information content (AvgIpc) is 2.40. The molecule has 0 bridgehead atoms. The molecule has 4 nitrogen and oxygen atoms in total. The summed E-state index contributed by atoms with van der Waals surface area (Å²) in [4.78, 5) is 11.4. The second-order valence-corrected chi connectivity index (χ2v) is 3.96. The van der Waals surface area contributed by atoms with Crippen LogP contribution in [-0.2, 0) is 9.53 Å². The number of rotatable bonds is 4. The molecule has 1 rings (SSSR count). The number of hydrogen-bond donors (Lipinski definition) is 1. The van der Waals surface area contributed by atoms with Gasteiger partial charge < -0.3 is 10.1 Å². The van der Waals surface area contributed by atoms with Crippen molar-refractivity contribution in [2.75, 3.05) is 18.7 Å². The van der Waals surface area contributed by atoms with Gasteiger partial charge in [-0.05, 0) is 30.5 Å². The van der Waals surface area contributed by atoms with Gasteiger partial charge in [-0.25, -0.2) is 9.18 Å². The fourth-order valence-electron chi connectivity index (χ4n) is 1.17. The molecule has 1 aromatic carbocycles. The van der Waals surface area contributed by atoms with Crippen LogP contribution < -0.4 is 5.32 Å². The van der Waals surface area contributed by atoms with Crippen molar-refractivity contribution in [2.45, 2.75) is 0 Å². The van der Waals surface area contributed by atoms with Crippen LogP contribution in [0.5, 0.6) is 0 Å². The third-order valence-electron chi connectivity index (χ3n) is 2.03. The molecule has 0 amide bonds. The number of ether oxygens (including phenoxy) is 1. The average molecular weight is 266 g/mol. The molecular formula is C12H11FN2O2S. The highest BCUT2D eigenvalue weighted by molar-refractivity contribution is 8.02. The predicted molar refractivity (Wildman–Crippen MR) is 68.2 cm³/mol. The van der Waals surface area contributed by atoms with Crippen LogP contribution in [0, 0.1) is 17.1 Å². The van der Waals surface area contributed by atoms with Gasteiger partial charge in [0.15, 0.2) is 5.57 Å². The lowest BCUT2D eigenvalue weighted by molar-refractivity contribution is -0.135. The molecule has 1 aromatic rings. The number of thioether (sulfide) groups is 1. The Labute approximate surface area is 108 Å². The first-order valence-electron chi connectivity index (χ1n) is 4.91. The molecule has 0 atom stereocenters. The van der Waals surface area contributed by atoms with Crippen molar-refractivity contribution in [3.05, 3.63) is 40.7 Å². The standard InChI is InChI=1S/C12H11FN2O2S/c1-17-12(16)10(7-14)11(18-2)15-9-5-3-8(13)4-6-9/h3-6,15H,1-2H3. The first-order chi connectivity index (χ1) is 8.62. The van der Waals surface area contributed by atoms with E-state index in [2.05, 4.69) is 10.1 Å². The Bertz CT molecular complexity index is 506. The third kappa shape index (κ3) is 3.50. The predicted octanol–water partition coefficient (Wildman–Crippen LogP) is 2.51. The topological polar surface area (TPSA) is 62.1 Å². The molecule has 0 aliphatic carbocycles. The highest BCUT2D eigenvalue weighted by atomic mass is 32.2. The minimum atomic E-state index is -0.712. The summed E-state index contributed by atoms with van der Waals surface area (Å²) in [5.41, 5.74) is 0.465. The number of nitriles is 1. The van der Waals surface area contributed by atoms with Crippen LogP contribution >= 0.6 is 11.8 Å². The Morgan fingerprint density at radius 3 is 2.50 bits per heavy atom. The maximum Gasteiger partial charge on any atom is 0.351 e. The van der Waals surface area contributed by atoms with Gasteiger partial charge in [-0.1, -0.05) is 0 Å². The van der Waals surface area contributed by atoms with Crippen molar-refractivity contribution >= 4 is 23.4 Å². The first-order valence-corrected chi connectivity index (χ1v) is 6.14. The van der Waals surface area contributed by atoms with Gasteiger partial charge in [0.2, 0.25) is 0 Å². The van der Waals surface area contributed by atoms with Gasteiger partial charge in [-0.2, -0.15) is 5.26 Å². The van der Waals surface area contributed by atoms with Crippen LogP contribution in [0.15, 0.2) is 34.9 Å². The summed E-state index contributed by atoms with van der Waals surface area (Å²) in [6.45, 7) is 0. The van der Waals surface area contributed by atoms with Gasteiger partial charge in [0, 0.05) is 5.69 Å². The summed E-state index contributed by atoms with van der Waals surface area (Å²) in [6, 6.07) is 7.37. The van der Waals surface area contributed by atoms with Crippen molar-refractivity contribution in [1.29, 1.82) is 5.26 Å². The number of carbonyl (C=O) groups excluding carboxylic acids is 1. The SMILES string of the molecule is COC(=O)C(C#N)=C(Nc1ccc(F)cc1)SC. The number of benzene rings is 1. The highest BCUT2D eigenvalue weighted by Gasteiger charge is 2.15. The van der Waals surface area contributed by atoms with E-state index in [-0.39, 0.29) is 11.4 Å². The van der Waals surface area contributed by atoms with Crippen LogP contribution in [0.2, 0.25) is 0 Å². The van der Waals surface area contributed by atoms with Crippen molar-refractivity contribution in [2.24, 2.45) is 0 Å². The second-order valence-electron chi connectivity index (χ2n) is 3.14. The van der Waals surface area contributed by atoms with E-state index in [0.29, 0.717) is 10.7 Å². The Morgan fingerprint density at radius 1 is 1.44 bits per heavy atom. The molecule has 0 aliphatic heterocycles. The zero-order valence-electron chi connectivity index (χ0n) is 9.86. The molecule has 0 heterocycles. The highest BCUT2D eigenvalue weighted by Crippen LogP contribution is 2.21. The quantitative estimate of drug-likeness (QED) is 0.515. The number of carbonyl (C=O) groups is 1. The van der Waals surface area contributed by atoms with Crippen LogP contribution in [0.25, 0.3) is 0 Å². The van der Waals surface area contributed by atoms with E-state index < -0.39 is 5.97 Å². The molecule has 18 heavy (non-hydrogen) atoms. The van der Waals surface area contributed by atoms with Gasteiger partial charge >= 0.3 is 5.97 Å². The minimum absolute atomic E-state index is 0.116. The zero-order chi connectivity index (χ0) is 13.5. The van der Waals surface area contributed by atoms with Crippen LogP contribution in [-0.4, -0.2) is 19.3 Å². The second kappa shape index (κ2) is 6.67. The van der Waals surface area contributed by atoms with Crippen LogP contribution in [0.4, 0.5) is 10.1 Å². The lowest BCUT2D eigenvalue weighted by atomic mass is 10.3. The summed E-state index contributed by atoms with van der Waals surface area (Å²) in [7, 11) is 1.20. The lowest BCUT2D eigenvalue weighted by Gasteiger charge is -2.10. The fourth-order valence-corrected chi connectivity index (χ4v) is 1.72. The number of nitrogens with one attached hydrogen (secondary N) is 1. The van der Waals surface area contributed by atoms with Crippen molar-refractivity contribution < 1.29 is 13.9 Å². The molecule has 0 aliphatic rings. The summed E-state index contributed by atoms with van der Waals surface area (Å²) < 4.78 is 17.3. The smallest absolute Gasteiger partial charge is 0.351 e. The molecular weight excluding hydrogens is 255 g/mol. The zero-order valence-corrected chi connectivity index (χ0v) is 10.7. The number of anilines is 1. The molecule has 6 heteroatoms. The molecule has 94 valence electrons. The van der Waals surface area contributed by atoms with Crippen molar-refractivity contribution in [3.63, 3.8) is 0 Å². The molecule has 0 spiro atoms. The normalized spacial score (nSPS) is 11.2. The van der Waals surface area contributed by atoms with Crippen LogP contribution in [0.3, 0.4) is 0 Å². The van der Waals surface area contributed by atoms with Gasteiger partial charge in [0.1, 0.15) is 11.9 Å². The van der Waals surface area contributed by atoms with E-state index >= 15 is 0 Å². The van der Waals surface area contributed by atoms with Gasteiger partial charge in [0.25, 0.3) is 0 Å². The summed E-state index contributed by atoms with van der Waals surface area (Å²) >= 11 is 1.20. The van der Waals surface area contributed by atoms with Crippen molar-refractivity contribution in [1.82, 2.24) is 0 Å². The molecule has 0 aromatic heterocycles. The van der Waals surface area contributed by atoms with Crippen LogP contribution in [0.1, 0.15) is 0 Å². The fraction of sp³-hybridized carbons (Fsp3) is 0.167. The van der Waals surface area contributed by atoms with Gasteiger partial charge in [0.05, 0.1) is 12.1 Å². The molecule has 0 fully saturated rings. The Balaban J connectivity index is 3.03. The Morgan fingerprint density at radius 2 is 2.06 bits per heavy atom. The molecule has 0 radical (unpaired) electrons. The monoisotopic (exact) mass is 266 g/mol. The maximum absolute atomic E-state index is 12.7. The minimum Gasteiger partial charge on any atom is -0.465 e. The molecule has 1 N–H and O–H groups in total. The number of methoxy groups -OCH3 is 1. The first kappa shape index (κ1) is 14.1. The van der Waals surface area contributed by atoms with E-state index in [4.69, 9.17) is 5.26 Å². The maximum atomic E-state index is 12.7. The summed E-state index contributed by atoms with van der Waals surface area (Å²) in [5.74, 6) is -1.07.